The summed E-state index contributed by atoms with van der Waals surface area (Å²) in [6, 6.07) is 8.10. The molecule has 3 rings (SSSR count). The van der Waals surface area contributed by atoms with Gasteiger partial charge in [-0.2, -0.15) is 0 Å². The minimum absolute atomic E-state index is 0.0672. The number of benzene rings is 1. The Morgan fingerprint density at radius 3 is 2.72 bits per heavy atom. The molecule has 0 spiro atoms. The van der Waals surface area contributed by atoms with Crippen LogP contribution in [0.15, 0.2) is 42.9 Å². The molecule has 2 aromatic rings. The number of carbonyl (C=O) groups excluding carboxylic acids is 2. The molecule has 2 amide bonds. The summed E-state index contributed by atoms with van der Waals surface area (Å²) in [6.07, 6.45) is 6.43. The number of nitrogens with one attached hydrogen (secondary N) is 1. The maximum absolute atomic E-state index is 12.4. The van der Waals surface area contributed by atoms with Gasteiger partial charge in [0.25, 0.3) is 5.91 Å². The molecule has 0 unspecified atom stereocenters. The van der Waals surface area contributed by atoms with Gasteiger partial charge in [0.1, 0.15) is 5.69 Å². The third kappa shape index (κ3) is 4.62. The first kappa shape index (κ1) is 17.1. The van der Waals surface area contributed by atoms with Crippen LogP contribution >= 0.6 is 0 Å². The second-order valence-electron chi connectivity index (χ2n) is 6.39. The average Bonchev–Trinajstić information content (AvgIpc) is 2.63. The summed E-state index contributed by atoms with van der Waals surface area (Å²) in [6.45, 7) is 3.35. The van der Waals surface area contributed by atoms with Crippen molar-refractivity contribution >= 4 is 11.8 Å². The van der Waals surface area contributed by atoms with Gasteiger partial charge in [0, 0.05) is 31.5 Å². The maximum atomic E-state index is 12.4. The van der Waals surface area contributed by atoms with E-state index in [-0.39, 0.29) is 17.9 Å². The van der Waals surface area contributed by atoms with Gasteiger partial charge in [0.15, 0.2) is 0 Å². The summed E-state index contributed by atoms with van der Waals surface area (Å²) in [5, 5.41) is 2.97. The van der Waals surface area contributed by atoms with E-state index >= 15 is 0 Å². The van der Waals surface area contributed by atoms with Gasteiger partial charge in [-0.3, -0.25) is 14.6 Å². The van der Waals surface area contributed by atoms with E-state index in [0.29, 0.717) is 25.2 Å². The molecule has 0 atom stereocenters. The lowest BCUT2D eigenvalue weighted by molar-refractivity contribution is -0.131. The molecular formula is C19H22N4O2. The van der Waals surface area contributed by atoms with E-state index in [9.17, 15) is 9.59 Å². The van der Waals surface area contributed by atoms with Crippen LogP contribution in [0, 0.1) is 6.92 Å². The molecule has 6 nitrogen and oxygen atoms in total. The largest absolute Gasteiger partial charge is 0.348 e. The number of hydrogen-bond donors (Lipinski definition) is 1. The summed E-state index contributed by atoms with van der Waals surface area (Å²) in [7, 11) is 0. The van der Waals surface area contributed by atoms with E-state index in [1.807, 2.05) is 36.1 Å². The Kier molecular flexibility index (Phi) is 5.38. The van der Waals surface area contributed by atoms with Gasteiger partial charge in [-0.1, -0.05) is 29.8 Å². The second kappa shape index (κ2) is 7.88. The molecule has 1 saturated heterocycles. The van der Waals surface area contributed by atoms with E-state index in [4.69, 9.17) is 0 Å². The van der Waals surface area contributed by atoms with Crippen molar-refractivity contribution in [3.8, 4) is 0 Å². The zero-order chi connectivity index (χ0) is 17.6. The number of amides is 2. The number of aromatic nitrogens is 2. The lowest BCUT2D eigenvalue weighted by atomic mass is 10.0. The molecule has 0 aliphatic carbocycles. The first-order valence-electron chi connectivity index (χ1n) is 8.52. The van der Waals surface area contributed by atoms with Crippen molar-refractivity contribution in [3.05, 3.63) is 59.7 Å². The number of rotatable bonds is 4. The fraction of sp³-hybridized carbons (Fsp3) is 0.368. The smallest absolute Gasteiger partial charge is 0.271 e. The molecular weight excluding hydrogens is 316 g/mol. The SMILES string of the molecule is Cc1cccc(CC(=O)N2CCC(NC(=O)c3cnccn3)CC2)c1. The van der Waals surface area contributed by atoms with E-state index in [2.05, 4.69) is 15.3 Å². The zero-order valence-electron chi connectivity index (χ0n) is 14.3. The normalized spacial score (nSPS) is 15.0. The molecule has 130 valence electrons. The Bertz CT molecular complexity index is 740. The minimum Gasteiger partial charge on any atom is -0.348 e. The highest BCUT2D eigenvalue weighted by atomic mass is 16.2. The van der Waals surface area contributed by atoms with Crippen LogP contribution in [0.4, 0.5) is 0 Å². The van der Waals surface area contributed by atoms with Gasteiger partial charge >= 0.3 is 0 Å². The third-order valence-electron chi connectivity index (χ3n) is 4.42. The quantitative estimate of drug-likeness (QED) is 0.921. The van der Waals surface area contributed by atoms with Gasteiger partial charge < -0.3 is 10.2 Å². The Morgan fingerprint density at radius 1 is 1.24 bits per heavy atom. The first-order valence-corrected chi connectivity index (χ1v) is 8.52. The molecule has 6 heteroatoms. The average molecular weight is 338 g/mol. The number of carbonyl (C=O) groups is 2. The fourth-order valence-corrected chi connectivity index (χ4v) is 3.06. The van der Waals surface area contributed by atoms with E-state index < -0.39 is 0 Å². The number of nitrogens with zero attached hydrogens (tertiary/aromatic N) is 3. The molecule has 25 heavy (non-hydrogen) atoms. The number of hydrogen-bond acceptors (Lipinski definition) is 4. The zero-order valence-corrected chi connectivity index (χ0v) is 14.3. The number of piperidine rings is 1. The predicted molar refractivity (Wildman–Crippen MR) is 94.0 cm³/mol. The summed E-state index contributed by atoms with van der Waals surface area (Å²) in [5.41, 5.74) is 2.53. The van der Waals surface area contributed by atoms with Crippen molar-refractivity contribution in [2.24, 2.45) is 0 Å². The van der Waals surface area contributed by atoms with E-state index in [1.165, 1.54) is 18.6 Å². The molecule has 1 fully saturated rings. The molecule has 0 bridgehead atoms. The molecule has 2 heterocycles. The summed E-state index contributed by atoms with van der Waals surface area (Å²) < 4.78 is 0. The van der Waals surface area contributed by atoms with Crippen molar-refractivity contribution in [2.45, 2.75) is 32.2 Å². The highest BCUT2D eigenvalue weighted by molar-refractivity contribution is 5.92. The Balaban J connectivity index is 1.48. The van der Waals surface area contributed by atoms with Crippen LogP contribution in [0.2, 0.25) is 0 Å². The molecule has 0 radical (unpaired) electrons. The van der Waals surface area contributed by atoms with Crippen LogP contribution in [-0.4, -0.2) is 45.8 Å². The van der Waals surface area contributed by atoms with Gasteiger partial charge in [-0.05, 0) is 25.3 Å². The van der Waals surface area contributed by atoms with E-state index in [0.717, 1.165) is 24.0 Å². The Morgan fingerprint density at radius 2 is 2.04 bits per heavy atom. The van der Waals surface area contributed by atoms with Crippen molar-refractivity contribution in [1.29, 1.82) is 0 Å². The van der Waals surface area contributed by atoms with Crippen molar-refractivity contribution in [1.82, 2.24) is 20.2 Å². The first-order chi connectivity index (χ1) is 12.1. The van der Waals surface area contributed by atoms with Crippen LogP contribution in [0.25, 0.3) is 0 Å². The van der Waals surface area contributed by atoms with Gasteiger partial charge in [-0.25, -0.2) is 4.98 Å². The fourth-order valence-electron chi connectivity index (χ4n) is 3.06. The maximum Gasteiger partial charge on any atom is 0.271 e. The molecule has 1 N–H and O–H groups in total. The van der Waals surface area contributed by atoms with Crippen LogP contribution in [-0.2, 0) is 11.2 Å². The van der Waals surface area contributed by atoms with Crippen LogP contribution in [0.1, 0.15) is 34.5 Å². The standard InChI is InChI=1S/C19H22N4O2/c1-14-3-2-4-15(11-14)12-18(24)23-9-5-16(6-10-23)22-19(25)17-13-20-7-8-21-17/h2-4,7-8,11,13,16H,5-6,9-10,12H2,1H3,(H,22,25). The molecule has 1 aliphatic heterocycles. The molecule has 1 aliphatic rings. The van der Waals surface area contributed by atoms with Crippen molar-refractivity contribution < 1.29 is 9.59 Å². The summed E-state index contributed by atoms with van der Waals surface area (Å²) in [4.78, 5) is 34.3. The summed E-state index contributed by atoms with van der Waals surface area (Å²) >= 11 is 0. The Hall–Kier alpha value is -2.76. The monoisotopic (exact) mass is 338 g/mol. The van der Waals surface area contributed by atoms with E-state index in [1.54, 1.807) is 0 Å². The van der Waals surface area contributed by atoms with Crippen molar-refractivity contribution in [2.75, 3.05) is 13.1 Å². The van der Waals surface area contributed by atoms with Gasteiger partial charge in [0.2, 0.25) is 5.91 Å². The van der Waals surface area contributed by atoms with Crippen LogP contribution in [0.3, 0.4) is 0 Å². The Labute approximate surface area is 147 Å². The third-order valence-corrected chi connectivity index (χ3v) is 4.42. The second-order valence-corrected chi connectivity index (χ2v) is 6.39. The summed E-state index contributed by atoms with van der Waals surface area (Å²) in [5.74, 6) is -0.0676. The topological polar surface area (TPSA) is 75.2 Å². The lowest BCUT2D eigenvalue weighted by Gasteiger charge is -2.32. The van der Waals surface area contributed by atoms with Crippen LogP contribution in [0.5, 0.6) is 0 Å². The molecule has 1 aromatic heterocycles. The predicted octanol–water partition coefficient (Wildman–Crippen LogP) is 1.75. The van der Waals surface area contributed by atoms with Crippen molar-refractivity contribution in [3.63, 3.8) is 0 Å². The highest BCUT2D eigenvalue weighted by Crippen LogP contribution is 2.13. The molecule has 0 saturated carbocycles. The van der Waals surface area contributed by atoms with Crippen LogP contribution < -0.4 is 5.32 Å². The molecule has 1 aromatic carbocycles. The highest BCUT2D eigenvalue weighted by Gasteiger charge is 2.24. The number of aryl methyl sites for hydroxylation is 1. The minimum atomic E-state index is -0.211. The van der Waals surface area contributed by atoms with Gasteiger partial charge in [0.05, 0.1) is 12.6 Å². The number of likely N-dealkylation sites (tertiary alicyclic amines) is 1. The lowest BCUT2D eigenvalue weighted by Crippen LogP contribution is -2.47. The van der Waals surface area contributed by atoms with Gasteiger partial charge in [-0.15, -0.1) is 0 Å².